The fourth-order valence-electron chi connectivity index (χ4n) is 2.54. The van der Waals surface area contributed by atoms with Gasteiger partial charge < -0.3 is 14.6 Å². The molecule has 1 heterocycles. The number of hydrogen-bond donors (Lipinski definition) is 1. The normalized spacial score (nSPS) is 20.8. The molecule has 1 aliphatic rings. The molecule has 0 aromatic heterocycles. The lowest BCUT2D eigenvalue weighted by molar-refractivity contribution is -0.150. The summed E-state index contributed by atoms with van der Waals surface area (Å²) in [4.78, 5) is 26.1. The number of amides is 1. The van der Waals surface area contributed by atoms with E-state index in [1.807, 2.05) is 24.3 Å². The largest absolute Gasteiger partial charge is 0.459 e. The minimum atomic E-state index is -0.826. The summed E-state index contributed by atoms with van der Waals surface area (Å²) in [5.74, 6) is -0.539. The number of rotatable bonds is 5. The number of hydrogen-bond acceptors (Lipinski definition) is 5. The molecule has 6 nitrogen and oxygen atoms in total. The lowest BCUT2D eigenvalue weighted by Gasteiger charge is -2.27. The molecular formula is C19H25NO5. The minimum Gasteiger partial charge on any atom is -0.459 e. The number of carbonyl (C=O) groups excluding carboxylic acids is 2. The topological polar surface area (TPSA) is 76.1 Å². The second-order valence-corrected chi connectivity index (χ2v) is 7.06. The summed E-state index contributed by atoms with van der Waals surface area (Å²) in [6.07, 6.45) is 0.770. The number of aliphatic hydroxyl groups is 1. The Labute approximate surface area is 149 Å². The van der Waals surface area contributed by atoms with Crippen molar-refractivity contribution in [3.63, 3.8) is 0 Å². The Balaban J connectivity index is 2.01. The standard InChI is InChI=1S/C19H25NO5/c1-5-13-6-8-14(9-7-13)12-24-17(22)16-10-15(21)11-20(16)18(23)25-19(2,3)4/h5-9,15-16,21H,1,10-12H2,2-4H3/t15-,16-/m0/s1/i21D. The van der Waals surface area contributed by atoms with E-state index in [0.29, 0.717) is 0 Å². The number of nitrogens with zero attached hydrogens (tertiary/aromatic N) is 1. The zero-order valence-corrected chi connectivity index (χ0v) is 14.9. The van der Waals surface area contributed by atoms with E-state index >= 15 is 0 Å². The predicted molar refractivity (Wildman–Crippen MR) is 93.7 cm³/mol. The molecule has 1 aromatic carbocycles. The predicted octanol–water partition coefficient (Wildman–Crippen LogP) is 2.74. The molecule has 25 heavy (non-hydrogen) atoms. The van der Waals surface area contributed by atoms with Gasteiger partial charge in [0.1, 0.15) is 18.2 Å². The van der Waals surface area contributed by atoms with Gasteiger partial charge in [0.25, 0.3) is 0 Å². The molecular weight excluding hydrogens is 322 g/mol. The fourth-order valence-corrected chi connectivity index (χ4v) is 2.54. The van der Waals surface area contributed by atoms with Crippen LogP contribution in [0.15, 0.2) is 30.8 Å². The van der Waals surface area contributed by atoms with Crippen LogP contribution in [0.2, 0.25) is 0 Å². The highest BCUT2D eigenvalue weighted by atomic mass is 16.6. The third kappa shape index (κ3) is 5.32. The highest BCUT2D eigenvalue weighted by molar-refractivity contribution is 5.82. The van der Waals surface area contributed by atoms with Gasteiger partial charge in [-0.2, -0.15) is 0 Å². The number of ether oxygens (including phenoxy) is 2. The Morgan fingerprint density at radius 3 is 2.64 bits per heavy atom. The molecule has 0 saturated carbocycles. The van der Waals surface area contributed by atoms with Crippen LogP contribution in [0, 0.1) is 0 Å². The third-order valence-electron chi connectivity index (χ3n) is 3.76. The zero-order chi connectivity index (χ0) is 19.3. The van der Waals surface area contributed by atoms with E-state index in [-0.39, 0.29) is 19.6 Å². The number of carbonyl (C=O) groups is 2. The van der Waals surface area contributed by atoms with Gasteiger partial charge in [0.15, 0.2) is 0 Å². The van der Waals surface area contributed by atoms with E-state index < -0.39 is 29.8 Å². The maximum absolute atomic E-state index is 12.5. The average Bonchev–Trinajstić information content (AvgIpc) is 3.03. The van der Waals surface area contributed by atoms with Crippen molar-refractivity contribution in [2.45, 2.75) is 51.5 Å². The lowest BCUT2D eigenvalue weighted by Crippen LogP contribution is -2.44. The average molecular weight is 348 g/mol. The van der Waals surface area contributed by atoms with Crippen molar-refractivity contribution < 1.29 is 24.2 Å². The maximum Gasteiger partial charge on any atom is 0.411 e. The van der Waals surface area contributed by atoms with E-state index in [1.54, 1.807) is 26.8 Å². The SMILES string of the molecule is [2H]O[C@H]1C[C@@H](C(=O)OCc2ccc(C=C)cc2)N(C(=O)OC(C)(C)C)C1. The first-order valence-corrected chi connectivity index (χ1v) is 8.23. The highest BCUT2D eigenvalue weighted by Gasteiger charge is 2.41. The van der Waals surface area contributed by atoms with Crippen molar-refractivity contribution in [2.24, 2.45) is 0 Å². The summed E-state index contributed by atoms with van der Waals surface area (Å²) in [7, 11) is 0. The number of aliphatic hydroxyl groups excluding tert-OH is 1. The molecule has 6 heteroatoms. The smallest absolute Gasteiger partial charge is 0.411 e. The van der Waals surface area contributed by atoms with Crippen LogP contribution in [0.3, 0.4) is 0 Å². The van der Waals surface area contributed by atoms with Gasteiger partial charge in [0.2, 0.25) is 1.43 Å². The number of benzene rings is 1. The zero-order valence-electron chi connectivity index (χ0n) is 15.9. The Bertz CT molecular complexity index is 653. The molecule has 1 aromatic rings. The van der Waals surface area contributed by atoms with E-state index in [4.69, 9.17) is 10.9 Å². The summed E-state index contributed by atoms with van der Waals surface area (Å²) in [6, 6.07) is 6.62. The molecule has 0 bridgehead atoms. The fraction of sp³-hybridized carbons (Fsp3) is 0.474. The summed E-state index contributed by atoms with van der Waals surface area (Å²) in [6.45, 7) is 9.16. The van der Waals surface area contributed by atoms with Crippen molar-refractivity contribution in [3.05, 3.63) is 42.0 Å². The molecule has 0 unspecified atom stereocenters. The maximum atomic E-state index is 12.5. The molecule has 0 aliphatic carbocycles. The van der Waals surface area contributed by atoms with E-state index in [9.17, 15) is 9.59 Å². The number of esters is 1. The summed E-state index contributed by atoms with van der Waals surface area (Å²) >= 11 is 0. The van der Waals surface area contributed by atoms with E-state index in [2.05, 4.69) is 11.7 Å². The third-order valence-corrected chi connectivity index (χ3v) is 3.76. The van der Waals surface area contributed by atoms with Crippen LogP contribution in [-0.2, 0) is 20.9 Å². The molecule has 0 radical (unpaired) electrons. The van der Waals surface area contributed by atoms with Crippen LogP contribution in [-0.4, -0.2) is 47.8 Å². The molecule has 2 atom stereocenters. The van der Waals surface area contributed by atoms with Crippen LogP contribution >= 0.6 is 0 Å². The molecule has 1 N–H and O–H groups in total. The Morgan fingerprint density at radius 1 is 1.40 bits per heavy atom. The Morgan fingerprint density at radius 2 is 2.08 bits per heavy atom. The number of β-amino-alcohol motifs (C(OH)–C–C–N with tert-alkyl or cyclic N) is 1. The second-order valence-electron chi connectivity index (χ2n) is 7.06. The first kappa shape index (κ1) is 17.5. The first-order valence-electron chi connectivity index (χ1n) is 8.64. The first-order chi connectivity index (χ1) is 12.2. The molecule has 1 aliphatic heterocycles. The molecule has 0 spiro atoms. The molecule has 1 fully saturated rings. The van der Waals surface area contributed by atoms with Crippen LogP contribution in [0.4, 0.5) is 4.79 Å². The van der Waals surface area contributed by atoms with Crippen LogP contribution in [0.1, 0.15) is 38.3 Å². The molecule has 1 saturated heterocycles. The quantitative estimate of drug-likeness (QED) is 0.828. The van der Waals surface area contributed by atoms with Gasteiger partial charge >= 0.3 is 12.1 Å². The van der Waals surface area contributed by atoms with Gasteiger partial charge in [0, 0.05) is 6.42 Å². The van der Waals surface area contributed by atoms with Gasteiger partial charge in [0.05, 0.1) is 12.6 Å². The van der Waals surface area contributed by atoms with Gasteiger partial charge in [-0.1, -0.05) is 36.9 Å². The van der Waals surface area contributed by atoms with Gasteiger partial charge in [-0.25, -0.2) is 9.59 Å². The summed E-state index contributed by atoms with van der Waals surface area (Å²) in [5, 5.41) is 4.57. The highest BCUT2D eigenvalue weighted by Crippen LogP contribution is 2.22. The molecule has 2 rings (SSSR count). The van der Waals surface area contributed by atoms with Gasteiger partial charge in [-0.3, -0.25) is 4.90 Å². The molecule has 1 amide bonds. The van der Waals surface area contributed by atoms with Crippen LogP contribution in [0.25, 0.3) is 6.08 Å². The number of likely N-dealkylation sites (tertiary alicyclic amines) is 1. The summed E-state index contributed by atoms with van der Waals surface area (Å²) in [5.41, 5.74) is 1.12. The second kappa shape index (κ2) is 7.70. The van der Waals surface area contributed by atoms with E-state index in [0.717, 1.165) is 11.1 Å². The van der Waals surface area contributed by atoms with Gasteiger partial charge in [-0.15, -0.1) is 0 Å². The Kier molecular flexibility index (Phi) is 5.38. The minimum absolute atomic E-state index is 0.0985. The van der Waals surface area contributed by atoms with Crippen molar-refractivity contribution >= 4 is 18.1 Å². The van der Waals surface area contributed by atoms with Crippen LogP contribution < -0.4 is 0 Å². The summed E-state index contributed by atoms with van der Waals surface area (Å²) < 4.78 is 17.8. The van der Waals surface area contributed by atoms with Crippen molar-refractivity contribution in [1.82, 2.24) is 4.90 Å². The van der Waals surface area contributed by atoms with Crippen LogP contribution in [0.5, 0.6) is 0 Å². The Hall–Kier alpha value is -2.34. The van der Waals surface area contributed by atoms with E-state index in [1.165, 1.54) is 4.90 Å². The van der Waals surface area contributed by atoms with Gasteiger partial charge in [-0.05, 0) is 31.9 Å². The monoisotopic (exact) mass is 348 g/mol. The van der Waals surface area contributed by atoms with Crippen molar-refractivity contribution in [2.75, 3.05) is 6.54 Å². The van der Waals surface area contributed by atoms with Crippen molar-refractivity contribution in [1.29, 1.82) is 1.43 Å². The van der Waals surface area contributed by atoms with Crippen molar-refractivity contribution in [3.8, 4) is 0 Å². The lowest BCUT2D eigenvalue weighted by atomic mass is 10.1. The molecule has 136 valence electrons.